The molecule has 0 aliphatic heterocycles. The third-order valence-electron chi connectivity index (χ3n) is 5.18. The number of benzene rings is 3. The number of nitrogens with zero attached hydrogens (tertiary/aromatic N) is 1. The molecule has 3 aromatic carbocycles. The molecule has 168 valence electrons. The van der Waals surface area contributed by atoms with Crippen molar-refractivity contribution >= 4 is 5.91 Å². The highest BCUT2D eigenvalue weighted by atomic mass is 16.5. The third kappa shape index (κ3) is 5.72. The summed E-state index contributed by atoms with van der Waals surface area (Å²) in [5.41, 5.74) is 2.66. The summed E-state index contributed by atoms with van der Waals surface area (Å²) in [4.78, 5) is 14.6. The fourth-order valence-electron chi connectivity index (χ4n) is 3.31. The van der Waals surface area contributed by atoms with Crippen LogP contribution in [0, 0.1) is 0 Å². The molecule has 0 atom stereocenters. The highest BCUT2D eigenvalue weighted by Crippen LogP contribution is 2.30. The Kier molecular flexibility index (Phi) is 7.97. The van der Waals surface area contributed by atoms with E-state index < -0.39 is 0 Å². The molecule has 3 rings (SSSR count). The minimum absolute atomic E-state index is 0.0848. The van der Waals surface area contributed by atoms with Crippen LogP contribution in [-0.2, 0) is 13.0 Å². The van der Waals surface area contributed by atoms with Crippen LogP contribution < -0.4 is 18.9 Å². The molecule has 32 heavy (non-hydrogen) atoms. The SMILES string of the molecule is COc1ccc(CCN(C)C(=O)c2ccc(OCc3ccccc3)c(OC)c2)cc1OC. The first-order valence-electron chi connectivity index (χ1n) is 10.4. The second-order valence-corrected chi connectivity index (χ2v) is 7.31. The van der Waals surface area contributed by atoms with E-state index in [4.69, 9.17) is 18.9 Å². The van der Waals surface area contributed by atoms with Crippen molar-refractivity contribution in [2.24, 2.45) is 0 Å². The molecule has 6 heteroatoms. The maximum Gasteiger partial charge on any atom is 0.253 e. The standard InChI is InChI=1S/C26H29NO5/c1-27(15-14-19-10-12-22(29-2)24(16-19)30-3)26(28)21-11-13-23(25(17-21)31-4)32-18-20-8-6-5-7-9-20/h5-13,16-17H,14-15,18H2,1-4H3. The lowest BCUT2D eigenvalue weighted by Gasteiger charge is -2.19. The predicted molar refractivity (Wildman–Crippen MR) is 124 cm³/mol. The van der Waals surface area contributed by atoms with Crippen LogP contribution in [0.3, 0.4) is 0 Å². The van der Waals surface area contributed by atoms with Gasteiger partial charge < -0.3 is 23.8 Å². The molecular formula is C26H29NO5. The summed E-state index contributed by atoms with van der Waals surface area (Å²) >= 11 is 0. The Labute approximate surface area is 189 Å². The number of rotatable bonds is 10. The first-order valence-corrected chi connectivity index (χ1v) is 10.4. The molecule has 0 radical (unpaired) electrons. The highest BCUT2D eigenvalue weighted by molar-refractivity contribution is 5.94. The van der Waals surface area contributed by atoms with E-state index in [-0.39, 0.29) is 5.91 Å². The molecule has 3 aromatic rings. The molecule has 6 nitrogen and oxygen atoms in total. The van der Waals surface area contributed by atoms with Gasteiger partial charge in [-0.2, -0.15) is 0 Å². The van der Waals surface area contributed by atoms with Crippen molar-refractivity contribution in [3.05, 3.63) is 83.4 Å². The van der Waals surface area contributed by atoms with E-state index in [0.717, 1.165) is 11.1 Å². The average molecular weight is 436 g/mol. The van der Waals surface area contributed by atoms with Gasteiger partial charge in [0.05, 0.1) is 21.3 Å². The van der Waals surface area contributed by atoms with Crippen molar-refractivity contribution < 1.29 is 23.7 Å². The van der Waals surface area contributed by atoms with Gasteiger partial charge in [-0.15, -0.1) is 0 Å². The summed E-state index contributed by atoms with van der Waals surface area (Å²) in [6.07, 6.45) is 0.692. The number of hydrogen-bond acceptors (Lipinski definition) is 5. The number of methoxy groups -OCH3 is 3. The zero-order valence-electron chi connectivity index (χ0n) is 19.0. The van der Waals surface area contributed by atoms with Crippen molar-refractivity contribution in [3.8, 4) is 23.0 Å². The van der Waals surface area contributed by atoms with Gasteiger partial charge in [0, 0.05) is 19.2 Å². The number of hydrogen-bond donors (Lipinski definition) is 0. The summed E-state index contributed by atoms with van der Waals surface area (Å²) in [6.45, 7) is 0.985. The molecule has 0 bridgehead atoms. The monoisotopic (exact) mass is 435 g/mol. The minimum Gasteiger partial charge on any atom is -0.493 e. The fourth-order valence-corrected chi connectivity index (χ4v) is 3.31. The summed E-state index contributed by atoms with van der Waals surface area (Å²) in [7, 11) is 6.57. The van der Waals surface area contributed by atoms with E-state index >= 15 is 0 Å². The maximum absolute atomic E-state index is 12.9. The number of carbonyl (C=O) groups is 1. The van der Waals surface area contributed by atoms with Crippen LogP contribution in [0.15, 0.2) is 66.7 Å². The van der Waals surface area contributed by atoms with Gasteiger partial charge in [0.15, 0.2) is 23.0 Å². The van der Waals surface area contributed by atoms with Gasteiger partial charge in [-0.25, -0.2) is 0 Å². The first kappa shape index (κ1) is 23.0. The second-order valence-electron chi connectivity index (χ2n) is 7.31. The summed E-state index contributed by atoms with van der Waals surface area (Å²) in [6, 6.07) is 20.9. The van der Waals surface area contributed by atoms with Gasteiger partial charge in [0.25, 0.3) is 5.91 Å². The topological polar surface area (TPSA) is 57.2 Å². The highest BCUT2D eigenvalue weighted by Gasteiger charge is 2.15. The fraction of sp³-hybridized carbons (Fsp3) is 0.269. The van der Waals surface area contributed by atoms with Crippen molar-refractivity contribution in [1.29, 1.82) is 0 Å². The van der Waals surface area contributed by atoms with Crippen LogP contribution in [0.5, 0.6) is 23.0 Å². The quantitative estimate of drug-likeness (QED) is 0.466. The number of likely N-dealkylation sites (N-methyl/N-ethyl adjacent to an activating group) is 1. The normalized spacial score (nSPS) is 10.4. The average Bonchev–Trinajstić information content (AvgIpc) is 2.85. The van der Waals surface area contributed by atoms with Gasteiger partial charge in [0.1, 0.15) is 6.61 Å². The Hall–Kier alpha value is -3.67. The lowest BCUT2D eigenvalue weighted by molar-refractivity contribution is 0.0796. The molecule has 0 saturated heterocycles. The summed E-state index contributed by atoms with van der Waals surface area (Å²) in [5.74, 6) is 2.40. The van der Waals surface area contributed by atoms with Gasteiger partial charge in [-0.05, 0) is 47.9 Å². The lowest BCUT2D eigenvalue weighted by atomic mass is 10.1. The van der Waals surface area contributed by atoms with E-state index in [0.29, 0.717) is 48.1 Å². The van der Waals surface area contributed by atoms with E-state index in [1.165, 1.54) is 0 Å². The van der Waals surface area contributed by atoms with Crippen molar-refractivity contribution in [2.75, 3.05) is 34.9 Å². The van der Waals surface area contributed by atoms with E-state index in [1.54, 1.807) is 51.5 Å². The van der Waals surface area contributed by atoms with Crippen LogP contribution in [-0.4, -0.2) is 45.7 Å². The van der Waals surface area contributed by atoms with Crippen LogP contribution in [0.4, 0.5) is 0 Å². The molecule has 0 spiro atoms. The molecular weight excluding hydrogens is 406 g/mol. The molecule has 0 heterocycles. The van der Waals surface area contributed by atoms with Crippen LogP contribution in [0.25, 0.3) is 0 Å². The molecule has 0 aliphatic carbocycles. The van der Waals surface area contributed by atoms with E-state index in [1.807, 2.05) is 48.5 Å². The molecule has 0 unspecified atom stereocenters. The minimum atomic E-state index is -0.0848. The molecule has 0 N–H and O–H groups in total. The van der Waals surface area contributed by atoms with Crippen molar-refractivity contribution in [3.63, 3.8) is 0 Å². The lowest BCUT2D eigenvalue weighted by Crippen LogP contribution is -2.28. The van der Waals surface area contributed by atoms with E-state index in [9.17, 15) is 4.79 Å². The van der Waals surface area contributed by atoms with E-state index in [2.05, 4.69) is 0 Å². The Bertz CT molecular complexity index is 1040. The van der Waals surface area contributed by atoms with Crippen molar-refractivity contribution in [1.82, 2.24) is 4.90 Å². The van der Waals surface area contributed by atoms with Gasteiger partial charge in [-0.1, -0.05) is 36.4 Å². The Morgan fingerprint density at radius 1 is 0.750 bits per heavy atom. The Morgan fingerprint density at radius 3 is 2.09 bits per heavy atom. The Balaban J connectivity index is 1.63. The zero-order valence-corrected chi connectivity index (χ0v) is 19.0. The smallest absolute Gasteiger partial charge is 0.253 e. The Morgan fingerprint density at radius 2 is 1.41 bits per heavy atom. The van der Waals surface area contributed by atoms with Crippen LogP contribution >= 0.6 is 0 Å². The molecule has 0 aromatic heterocycles. The summed E-state index contributed by atoms with van der Waals surface area (Å²) < 4.78 is 22.0. The zero-order chi connectivity index (χ0) is 22.9. The van der Waals surface area contributed by atoms with Crippen LogP contribution in [0.1, 0.15) is 21.5 Å². The first-order chi connectivity index (χ1) is 15.5. The van der Waals surface area contributed by atoms with Crippen LogP contribution in [0.2, 0.25) is 0 Å². The van der Waals surface area contributed by atoms with Gasteiger partial charge in [-0.3, -0.25) is 4.79 Å². The van der Waals surface area contributed by atoms with Gasteiger partial charge >= 0.3 is 0 Å². The molecule has 0 aliphatic rings. The molecule has 1 amide bonds. The molecule has 0 saturated carbocycles. The molecule has 0 fully saturated rings. The number of carbonyl (C=O) groups excluding carboxylic acids is 1. The second kappa shape index (κ2) is 11.1. The summed E-state index contributed by atoms with van der Waals surface area (Å²) in [5, 5.41) is 0. The number of amides is 1. The maximum atomic E-state index is 12.9. The van der Waals surface area contributed by atoms with Crippen molar-refractivity contribution in [2.45, 2.75) is 13.0 Å². The predicted octanol–water partition coefficient (Wildman–Crippen LogP) is 4.61. The third-order valence-corrected chi connectivity index (χ3v) is 5.18. The van der Waals surface area contributed by atoms with Gasteiger partial charge in [0.2, 0.25) is 0 Å². The largest absolute Gasteiger partial charge is 0.493 e. The number of ether oxygens (including phenoxy) is 4.